The molecule has 0 bridgehead atoms. The van der Waals surface area contributed by atoms with Gasteiger partial charge in [0.25, 0.3) is 0 Å². The first-order chi connectivity index (χ1) is 31.1. The molecule has 9 aromatic carbocycles. The van der Waals surface area contributed by atoms with E-state index in [0.717, 1.165) is 72.9 Å². The van der Waals surface area contributed by atoms with E-state index in [0.29, 0.717) is 17.5 Å². The quantitative estimate of drug-likeness (QED) is 0.161. The molecule has 0 spiro atoms. The molecule has 298 valence electrons. The van der Waals surface area contributed by atoms with Crippen LogP contribution in [-0.2, 0) is 6.42 Å². The molecule has 0 N–H and O–H groups in total. The number of aryl methyl sites for hydroxylation is 2. The summed E-state index contributed by atoms with van der Waals surface area (Å²) in [5.74, 6) is 1.78. The Balaban J connectivity index is 1.06. The van der Waals surface area contributed by atoms with E-state index < -0.39 is 0 Å². The molecule has 5 nitrogen and oxygen atoms in total. The van der Waals surface area contributed by atoms with Crippen molar-refractivity contribution < 1.29 is 4.42 Å². The lowest BCUT2D eigenvalue weighted by molar-refractivity contribution is 0.669. The summed E-state index contributed by atoms with van der Waals surface area (Å²) >= 11 is 0. The maximum Gasteiger partial charge on any atom is 0.164 e. The summed E-state index contributed by atoms with van der Waals surface area (Å²) in [4.78, 5) is 15.4. The molecule has 0 atom stereocenters. The minimum atomic E-state index is 0.580. The van der Waals surface area contributed by atoms with Gasteiger partial charge in [-0.25, -0.2) is 15.0 Å². The smallest absolute Gasteiger partial charge is 0.164 e. The molecule has 0 unspecified atom stereocenters. The van der Waals surface area contributed by atoms with Crippen LogP contribution in [0.25, 0.3) is 117 Å². The Morgan fingerprint density at radius 1 is 0.444 bits per heavy atom. The van der Waals surface area contributed by atoms with Crippen LogP contribution in [0.1, 0.15) is 18.1 Å². The molecule has 12 rings (SSSR count). The van der Waals surface area contributed by atoms with Gasteiger partial charge in [-0.2, -0.15) is 0 Å². The molecule has 3 heterocycles. The third kappa shape index (κ3) is 6.20. The highest BCUT2D eigenvalue weighted by Gasteiger charge is 2.21. The molecule has 3 aromatic heterocycles. The first-order valence-corrected chi connectivity index (χ1v) is 21.6. The number of benzene rings is 9. The fourth-order valence-corrected chi connectivity index (χ4v) is 9.43. The van der Waals surface area contributed by atoms with E-state index in [9.17, 15) is 0 Å². The fraction of sp³-hybridized carbons (Fsp3) is 0.0517. The molecule has 5 heteroatoms. The van der Waals surface area contributed by atoms with Crippen molar-refractivity contribution >= 4 is 54.5 Å². The first kappa shape index (κ1) is 36.7. The third-order valence-electron chi connectivity index (χ3n) is 12.6. The molecule has 0 aliphatic heterocycles. The van der Waals surface area contributed by atoms with Gasteiger partial charge in [0, 0.05) is 49.5 Å². The second-order valence-electron chi connectivity index (χ2n) is 16.3. The fourth-order valence-electron chi connectivity index (χ4n) is 9.43. The lowest BCUT2D eigenvalue weighted by Crippen LogP contribution is -2.01. The molecule has 0 saturated heterocycles. The van der Waals surface area contributed by atoms with Crippen molar-refractivity contribution in [3.8, 4) is 62.1 Å². The van der Waals surface area contributed by atoms with Gasteiger partial charge in [0.1, 0.15) is 11.2 Å². The summed E-state index contributed by atoms with van der Waals surface area (Å²) in [6.07, 6.45) is 1.00. The zero-order valence-electron chi connectivity index (χ0n) is 34.9. The molecule has 0 fully saturated rings. The van der Waals surface area contributed by atoms with E-state index in [1.165, 1.54) is 43.8 Å². The third-order valence-corrected chi connectivity index (χ3v) is 12.6. The molecule has 0 aliphatic rings. The Morgan fingerprint density at radius 2 is 1.08 bits per heavy atom. The Bertz CT molecular complexity index is 3750. The van der Waals surface area contributed by atoms with Crippen LogP contribution in [0.2, 0.25) is 0 Å². The number of nitrogens with zero attached hydrogens (tertiary/aromatic N) is 4. The molecular formula is C58H40N4O. The van der Waals surface area contributed by atoms with E-state index in [1.54, 1.807) is 0 Å². The summed E-state index contributed by atoms with van der Waals surface area (Å²) in [6, 6.07) is 68.9. The lowest BCUT2D eigenvalue weighted by Gasteiger charge is -2.14. The molecule has 0 saturated carbocycles. The summed E-state index contributed by atoms with van der Waals surface area (Å²) in [6.45, 7) is 4.42. The summed E-state index contributed by atoms with van der Waals surface area (Å²) in [5.41, 5.74) is 15.1. The van der Waals surface area contributed by atoms with Gasteiger partial charge >= 0.3 is 0 Å². The van der Waals surface area contributed by atoms with Crippen LogP contribution in [0.3, 0.4) is 0 Å². The van der Waals surface area contributed by atoms with Crippen LogP contribution >= 0.6 is 0 Å². The molecular weight excluding hydrogens is 769 g/mol. The number of hydrogen-bond acceptors (Lipinski definition) is 4. The first-order valence-electron chi connectivity index (χ1n) is 21.6. The molecule has 0 radical (unpaired) electrons. The average molecular weight is 809 g/mol. The Morgan fingerprint density at radius 3 is 1.94 bits per heavy atom. The average Bonchev–Trinajstić information content (AvgIpc) is 3.90. The zero-order chi connectivity index (χ0) is 42.0. The lowest BCUT2D eigenvalue weighted by atomic mass is 9.94. The summed E-state index contributed by atoms with van der Waals surface area (Å²) in [7, 11) is 0. The monoisotopic (exact) mass is 808 g/mol. The minimum Gasteiger partial charge on any atom is -0.456 e. The molecule has 63 heavy (non-hydrogen) atoms. The number of hydrogen-bond donors (Lipinski definition) is 0. The van der Waals surface area contributed by atoms with Crippen molar-refractivity contribution in [3.63, 3.8) is 0 Å². The van der Waals surface area contributed by atoms with Gasteiger partial charge in [0.2, 0.25) is 0 Å². The highest BCUT2D eigenvalue weighted by molar-refractivity contribution is 6.23. The number of furan rings is 1. The van der Waals surface area contributed by atoms with Crippen LogP contribution in [0.15, 0.2) is 199 Å². The Labute approximate surface area is 364 Å². The van der Waals surface area contributed by atoms with E-state index in [1.807, 2.05) is 54.6 Å². The standard InChI is InChI=1S/C58H40N4O/c1-3-37-32-41(27-26-36(37)2)40-17-11-18-42(33-40)47-23-13-24-50-54-46-21-8-7-14-38(46)29-31-51(54)62(55(47)50)45-20-12-19-43(34-45)57-59-56(39-15-5-4-6-16-39)60-58(61-57)44-28-30-49-48-22-9-10-25-52(48)63-53(49)35-44/h4-35H,3H2,1-2H3. The van der Waals surface area contributed by atoms with E-state index in [-0.39, 0.29) is 0 Å². The normalized spacial score (nSPS) is 11.7. The van der Waals surface area contributed by atoms with Crippen molar-refractivity contribution in [3.05, 3.63) is 205 Å². The number of rotatable bonds is 7. The van der Waals surface area contributed by atoms with Crippen molar-refractivity contribution in [2.45, 2.75) is 20.3 Å². The zero-order valence-corrected chi connectivity index (χ0v) is 34.9. The Kier molecular flexibility index (Phi) is 8.61. The van der Waals surface area contributed by atoms with Gasteiger partial charge < -0.3 is 8.98 Å². The predicted molar refractivity (Wildman–Crippen MR) is 260 cm³/mol. The number of fused-ring (bicyclic) bond motifs is 8. The highest BCUT2D eigenvalue weighted by Crippen LogP contribution is 2.42. The number of para-hydroxylation sites is 2. The van der Waals surface area contributed by atoms with Crippen LogP contribution in [0.5, 0.6) is 0 Å². The number of aromatic nitrogens is 4. The second kappa shape index (κ2) is 14.8. The topological polar surface area (TPSA) is 56.7 Å². The van der Waals surface area contributed by atoms with E-state index in [4.69, 9.17) is 19.4 Å². The van der Waals surface area contributed by atoms with Gasteiger partial charge in [-0.15, -0.1) is 0 Å². The minimum absolute atomic E-state index is 0.580. The Hall–Kier alpha value is -8.15. The van der Waals surface area contributed by atoms with E-state index in [2.05, 4.69) is 158 Å². The van der Waals surface area contributed by atoms with Gasteiger partial charge in [0.15, 0.2) is 17.5 Å². The van der Waals surface area contributed by atoms with Crippen LogP contribution in [0.4, 0.5) is 0 Å². The van der Waals surface area contributed by atoms with Gasteiger partial charge in [-0.05, 0) is 94.4 Å². The van der Waals surface area contributed by atoms with E-state index >= 15 is 0 Å². The van der Waals surface area contributed by atoms with Gasteiger partial charge in [-0.1, -0.05) is 159 Å². The summed E-state index contributed by atoms with van der Waals surface area (Å²) in [5, 5.41) is 7.01. The van der Waals surface area contributed by atoms with Crippen LogP contribution < -0.4 is 0 Å². The molecule has 12 aromatic rings. The van der Waals surface area contributed by atoms with Crippen molar-refractivity contribution in [1.82, 2.24) is 19.5 Å². The van der Waals surface area contributed by atoms with Crippen molar-refractivity contribution in [2.75, 3.05) is 0 Å². The SMILES string of the molecule is CCc1cc(-c2cccc(-c3cccc4c5c6ccccc6ccc5n(-c5cccc(-c6nc(-c7ccccc7)nc(-c7ccc8c(c7)oc7ccccc78)n6)c5)c34)c2)ccc1C. The van der Waals surface area contributed by atoms with Crippen LogP contribution in [0, 0.1) is 6.92 Å². The predicted octanol–water partition coefficient (Wildman–Crippen LogP) is 15.2. The maximum absolute atomic E-state index is 6.31. The van der Waals surface area contributed by atoms with Crippen LogP contribution in [-0.4, -0.2) is 19.5 Å². The van der Waals surface area contributed by atoms with Gasteiger partial charge in [0.05, 0.1) is 11.0 Å². The molecule has 0 amide bonds. The highest BCUT2D eigenvalue weighted by atomic mass is 16.3. The molecule has 0 aliphatic carbocycles. The maximum atomic E-state index is 6.31. The van der Waals surface area contributed by atoms with Crippen molar-refractivity contribution in [2.24, 2.45) is 0 Å². The van der Waals surface area contributed by atoms with Gasteiger partial charge in [-0.3, -0.25) is 0 Å². The largest absolute Gasteiger partial charge is 0.456 e. The van der Waals surface area contributed by atoms with Crippen molar-refractivity contribution in [1.29, 1.82) is 0 Å². The second-order valence-corrected chi connectivity index (χ2v) is 16.3. The summed E-state index contributed by atoms with van der Waals surface area (Å²) < 4.78 is 8.74.